The van der Waals surface area contributed by atoms with Gasteiger partial charge in [0.2, 0.25) is 0 Å². The molecule has 0 aliphatic heterocycles. The van der Waals surface area contributed by atoms with E-state index in [4.69, 9.17) is 45.5 Å². The second-order valence-electron chi connectivity index (χ2n) is 4.78. The zero-order valence-electron chi connectivity index (χ0n) is 13.7. The molecule has 0 heterocycles. The van der Waals surface area contributed by atoms with Crippen molar-refractivity contribution in [3.8, 4) is 36.2 Å². The van der Waals surface area contributed by atoms with Crippen LogP contribution in [0.3, 0.4) is 0 Å². The lowest BCUT2D eigenvalue weighted by molar-refractivity contribution is 0.370. The van der Waals surface area contributed by atoms with Crippen LogP contribution >= 0.6 is 23.2 Å². The van der Waals surface area contributed by atoms with Crippen LogP contribution in [0.25, 0.3) is 0 Å². The van der Waals surface area contributed by atoms with Crippen molar-refractivity contribution < 1.29 is 9.47 Å². The van der Waals surface area contributed by atoms with Gasteiger partial charge in [0.15, 0.2) is 10.3 Å². The standard InChI is InChI=1S/C20H14Cl2N2O2/c1-3-13-25-17-9-5-15(6-10-17)23-19(21)20(22)24-16-7-11-18(12-8-16)26-14-4-2/h1-2,5-12H,13-14H2. The van der Waals surface area contributed by atoms with E-state index in [-0.39, 0.29) is 23.6 Å². The van der Waals surface area contributed by atoms with Crippen LogP contribution < -0.4 is 9.47 Å². The SMILES string of the molecule is C#CCOc1ccc(N=C(Cl)C(Cl)=Nc2ccc(OCC#C)cc2)cc1. The Bertz CT molecular complexity index is 799. The van der Waals surface area contributed by atoms with Crippen LogP contribution in [0.1, 0.15) is 0 Å². The number of benzene rings is 2. The van der Waals surface area contributed by atoms with E-state index in [1.165, 1.54) is 0 Å². The van der Waals surface area contributed by atoms with Gasteiger partial charge in [-0.3, -0.25) is 0 Å². The summed E-state index contributed by atoms with van der Waals surface area (Å²) in [6, 6.07) is 13.9. The van der Waals surface area contributed by atoms with Crippen molar-refractivity contribution in [3.63, 3.8) is 0 Å². The Morgan fingerprint density at radius 3 is 1.38 bits per heavy atom. The van der Waals surface area contributed by atoms with Crippen LogP contribution in [0.2, 0.25) is 0 Å². The Balaban J connectivity index is 2.06. The summed E-state index contributed by atoms with van der Waals surface area (Å²) in [5.41, 5.74) is 1.21. The predicted molar refractivity (Wildman–Crippen MR) is 107 cm³/mol. The third-order valence-corrected chi connectivity index (χ3v) is 3.57. The summed E-state index contributed by atoms with van der Waals surface area (Å²) in [5.74, 6) is 6.07. The fraction of sp³-hybridized carbons (Fsp3) is 0.100. The highest BCUT2D eigenvalue weighted by Gasteiger charge is 2.04. The van der Waals surface area contributed by atoms with Crippen LogP contribution in [0.4, 0.5) is 11.4 Å². The molecule has 2 aromatic rings. The number of hydrogen-bond acceptors (Lipinski definition) is 4. The Morgan fingerprint density at radius 2 is 1.08 bits per heavy atom. The Morgan fingerprint density at radius 1 is 0.731 bits per heavy atom. The smallest absolute Gasteiger partial charge is 0.166 e. The molecule has 0 radical (unpaired) electrons. The number of terminal acetylenes is 2. The first-order valence-corrected chi connectivity index (χ1v) is 8.19. The lowest BCUT2D eigenvalue weighted by Crippen LogP contribution is -1.98. The molecule has 0 fully saturated rings. The maximum Gasteiger partial charge on any atom is 0.166 e. The van der Waals surface area contributed by atoms with E-state index in [0.29, 0.717) is 22.9 Å². The average molecular weight is 385 g/mol. The fourth-order valence-corrected chi connectivity index (χ4v) is 2.08. The number of hydrogen-bond donors (Lipinski definition) is 0. The van der Waals surface area contributed by atoms with Crippen LogP contribution in [-0.4, -0.2) is 23.6 Å². The lowest BCUT2D eigenvalue weighted by Gasteiger charge is -2.03. The van der Waals surface area contributed by atoms with Crippen molar-refractivity contribution in [2.45, 2.75) is 0 Å². The van der Waals surface area contributed by atoms with Crippen LogP contribution in [0, 0.1) is 24.7 Å². The minimum absolute atomic E-state index is 0.0663. The second kappa shape index (κ2) is 10.2. The number of rotatable bonds is 7. The Hall–Kier alpha value is -2.92. The first kappa shape index (κ1) is 19.4. The number of halogens is 2. The van der Waals surface area contributed by atoms with Crippen molar-refractivity contribution in [3.05, 3.63) is 48.5 Å². The van der Waals surface area contributed by atoms with E-state index in [0.717, 1.165) is 0 Å². The maximum absolute atomic E-state index is 6.12. The Labute approximate surface area is 162 Å². The number of ether oxygens (including phenoxy) is 2. The van der Waals surface area contributed by atoms with Crippen molar-refractivity contribution in [2.75, 3.05) is 13.2 Å². The predicted octanol–water partition coefficient (Wildman–Crippen LogP) is 4.95. The van der Waals surface area contributed by atoms with Crippen molar-refractivity contribution in [1.82, 2.24) is 0 Å². The van der Waals surface area contributed by atoms with Crippen molar-refractivity contribution >= 4 is 44.9 Å². The molecule has 0 amide bonds. The summed E-state index contributed by atoms with van der Waals surface area (Å²) in [5, 5.41) is 0.133. The normalized spacial score (nSPS) is 11.4. The van der Waals surface area contributed by atoms with Gasteiger partial charge in [0.05, 0.1) is 11.4 Å². The fourth-order valence-electron chi connectivity index (χ4n) is 1.80. The molecule has 130 valence electrons. The minimum atomic E-state index is 0.0663. The molecule has 2 aromatic carbocycles. The summed E-state index contributed by atoms with van der Waals surface area (Å²) in [6.07, 6.45) is 10.3. The summed E-state index contributed by atoms with van der Waals surface area (Å²) in [6.45, 7) is 0.406. The second-order valence-corrected chi connectivity index (χ2v) is 5.49. The average Bonchev–Trinajstić information content (AvgIpc) is 2.67. The number of nitrogens with zero attached hydrogens (tertiary/aromatic N) is 2. The van der Waals surface area contributed by atoms with Crippen LogP contribution in [0.5, 0.6) is 11.5 Å². The van der Waals surface area contributed by atoms with E-state index in [2.05, 4.69) is 21.8 Å². The van der Waals surface area contributed by atoms with E-state index < -0.39 is 0 Å². The van der Waals surface area contributed by atoms with Crippen molar-refractivity contribution in [1.29, 1.82) is 0 Å². The van der Waals surface area contributed by atoms with Crippen LogP contribution in [-0.2, 0) is 0 Å². The quantitative estimate of drug-likeness (QED) is 0.500. The van der Waals surface area contributed by atoms with Gasteiger partial charge in [0, 0.05) is 0 Å². The Kier molecular flexibility index (Phi) is 7.58. The molecule has 4 nitrogen and oxygen atoms in total. The van der Waals surface area contributed by atoms with Crippen molar-refractivity contribution in [2.24, 2.45) is 9.98 Å². The summed E-state index contributed by atoms with van der Waals surface area (Å²) in [7, 11) is 0. The summed E-state index contributed by atoms with van der Waals surface area (Å²) >= 11 is 12.2. The zero-order valence-corrected chi connectivity index (χ0v) is 15.2. The molecule has 0 aromatic heterocycles. The molecule has 0 aliphatic carbocycles. The molecule has 2 rings (SSSR count). The molecule has 0 N–H and O–H groups in total. The molecule has 0 aliphatic rings. The van der Waals surface area contributed by atoms with Gasteiger partial charge in [-0.25, -0.2) is 9.98 Å². The van der Waals surface area contributed by atoms with Gasteiger partial charge in [-0.15, -0.1) is 12.8 Å². The minimum Gasteiger partial charge on any atom is -0.481 e. The largest absolute Gasteiger partial charge is 0.481 e. The van der Waals surface area contributed by atoms with E-state index >= 15 is 0 Å². The molecule has 6 heteroatoms. The molecule has 0 bridgehead atoms. The highest BCUT2D eigenvalue weighted by molar-refractivity contribution is 7.00. The van der Waals surface area contributed by atoms with E-state index in [1.807, 2.05) is 0 Å². The van der Waals surface area contributed by atoms with Gasteiger partial charge < -0.3 is 9.47 Å². The summed E-state index contributed by atoms with van der Waals surface area (Å²) < 4.78 is 10.6. The molecular weight excluding hydrogens is 371 g/mol. The van der Waals surface area contributed by atoms with Gasteiger partial charge in [-0.05, 0) is 48.5 Å². The van der Waals surface area contributed by atoms with Gasteiger partial charge in [-0.2, -0.15) is 0 Å². The molecule has 0 saturated carbocycles. The van der Waals surface area contributed by atoms with Gasteiger partial charge >= 0.3 is 0 Å². The highest BCUT2D eigenvalue weighted by Crippen LogP contribution is 2.22. The first-order valence-electron chi connectivity index (χ1n) is 7.44. The summed E-state index contributed by atoms with van der Waals surface area (Å²) in [4.78, 5) is 8.42. The third kappa shape index (κ3) is 6.18. The van der Waals surface area contributed by atoms with Crippen LogP contribution in [0.15, 0.2) is 58.5 Å². The zero-order chi connectivity index (χ0) is 18.8. The first-order chi connectivity index (χ1) is 12.6. The molecule has 26 heavy (non-hydrogen) atoms. The molecule has 0 saturated heterocycles. The van der Waals surface area contributed by atoms with E-state index in [1.54, 1.807) is 48.5 Å². The topological polar surface area (TPSA) is 43.2 Å². The van der Waals surface area contributed by atoms with E-state index in [9.17, 15) is 0 Å². The number of aliphatic imine (C=N–C) groups is 2. The molecule has 0 unspecified atom stereocenters. The lowest BCUT2D eigenvalue weighted by atomic mass is 10.3. The third-order valence-electron chi connectivity index (χ3n) is 2.94. The van der Waals surface area contributed by atoms with Gasteiger partial charge in [0.25, 0.3) is 0 Å². The molecular formula is C20H14Cl2N2O2. The molecule has 0 atom stereocenters. The maximum atomic E-state index is 6.12. The molecule has 0 spiro atoms. The van der Waals surface area contributed by atoms with Gasteiger partial charge in [-0.1, -0.05) is 35.0 Å². The highest BCUT2D eigenvalue weighted by atomic mass is 35.5. The monoisotopic (exact) mass is 384 g/mol. The van der Waals surface area contributed by atoms with Gasteiger partial charge in [0.1, 0.15) is 24.7 Å².